The lowest BCUT2D eigenvalue weighted by Crippen LogP contribution is -2.38. The molecule has 0 spiro atoms. The van der Waals surface area contributed by atoms with Crippen molar-refractivity contribution >= 4 is 16.3 Å². The average molecular weight is 251 g/mol. The van der Waals surface area contributed by atoms with E-state index in [2.05, 4.69) is 0 Å². The highest BCUT2D eigenvalue weighted by molar-refractivity contribution is 7.91. The van der Waals surface area contributed by atoms with E-state index in [1.165, 1.54) is 12.3 Å². The maximum atomic E-state index is 12.5. The molecule has 1 aromatic rings. The number of aromatic nitrogens is 1. The molecule has 1 aliphatic rings. The van der Waals surface area contributed by atoms with Gasteiger partial charge in [0.2, 0.25) is 10.0 Å². The second-order valence-electron chi connectivity index (χ2n) is 4.16. The van der Waals surface area contributed by atoms with Gasteiger partial charge in [-0.05, 0) is 25.5 Å². The van der Waals surface area contributed by atoms with Crippen LogP contribution in [-0.2, 0) is 10.0 Å². The molecule has 90 valence electrons. The summed E-state index contributed by atoms with van der Waals surface area (Å²) in [6, 6.07) is 3.03. The quantitative estimate of drug-likeness (QED) is 0.769. The normalized spacial score (nSPS) is 23.8. The Kier molecular flexibility index (Phi) is 2.79. The molecule has 0 radical (unpaired) electrons. The molecular weight excluding hydrogens is 238 g/mol. The van der Waals surface area contributed by atoms with Gasteiger partial charge in [0.1, 0.15) is 4.75 Å². The summed E-state index contributed by atoms with van der Waals surface area (Å²) in [7, 11) is -3.61. The SMILES string of the molecule is CC1(S(=O)(=O)n2cccc2C=O)C=CC=CC1. The Morgan fingerprint density at radius 2 is 2.18 bits per heavy atom. The topological polar surface area (TPSA) is 56.1 Å². The van der Waals surface area contributed by atoms with Crippen LogP contribution in [0.15, 0.2) is 42.6 Å². The lowest BCUT2D eigenvalue weighted by Gasteiger charge is -2.27. The summed E-state index contributed by atoms with van der Waals surface area (Å²) in [5, 5.41) is 0. The number of hydrogen-bond donors (Lipinski definition) is 0. The van der Waals surface area contributed by atoms with Gasteiger partial charge in [-0.15, -0.1) is 0 Å². The van der Waals surface area contributed by atoms with Gasteiger partial charge in [-0.2, -0.15) is 0 Å². The molecule has 0 saturated carbocycles. The molecule has 2 rings (SSSR count). The lowest BCUT2D eigenvalue weighted by molar-refractivity contribution is 0.111. The highest BCUT2D eigenvalue weighted by atomic mass is 32.2. The molecule has 1 atom stereocenters. The van der Waals surface area contributed by atoms with Gasteiger partial charge >= 0.3 is 0 Å². The zero-order chi connectivity index (χ0) is 12.5. The molecule has 0 fully saturated rings. The van der Waals surface area contributed by atoms with Crippen molar-refractivity contribution in [1.29, 1.82) is 0 Å². The van der Waals surface area contributed by atoms with Crippen molar-refractivity contribution in [2.24, 2.45) is 0 Å². The molecule has 0 aliphatic heterocycles. The predicted octanol–water partition coefficient (Wildman–Crippen LogP) is 1.75. The minimum absolute atomic E-state index is 0.147. The van der Waals surface area contributed by atoms with Crippen molar-refractivity contribution < 1.29 is 13.2 Å². The van der Waals surface area contributed by atoms with Gasteiger partial charge in [-0.1, -0.05) is 24.3 Å². The van der Waals surface area contributed by atoms with Gasteiger partial charge in [0.25, 0.3) is 0 Å². The molecule has 0 bridgehead atoms. The summed E-state index contributed by atoms with van der Waals surface area (Å²) < 4.78 is 25.0. The summed E-state index contributed by atoms with van der Waals surface area (Å²) in [5.74, 6) is 0. The van der Waals surface area contributed by atoms with E-state index in [4.69, 9.17) is 0 Å². The van der Waals surface area contributed by atoms with Crippen molar-refractivity contribution in [3.05, 3.63) is 48.3 Å². The summed E-state index contributed by atoms with van der Waals surface area (Å²) >= 11 is 0. The van der Waals surface area contributed by atoms with Gasteiger partial charge in [-0.3, -0.25) is 4.79 Å². The van der Waals surface area contributed by atoms with Crippen LogP contribution in [0.3, 0.4) is 0 Å². The van der Waals surface area contributed by atoms with E-state index in [-0.39, 0.29) is 5.69 Å². The second kappa shape index (κ2) is 4.00. The number of allylic oxidation sites excluding steroid dienone is 3. The van der Waals surface area contributed by atoms with Crippen LogP contribution in [0, 0.1) is 0 Å². The van der Waals surface area contributed by atoms with Gasteiger partial charge < -0.3 is 0 Å². The molecule has 0 saturated heterocycles. The number of aldehydes is 1. The molecule has 1 aliphatic carbocycles. The van der Waals surface area contributed by atoms with Crippen molar-refractivity contribution in [3.8, 4) is 0 Å². The molecular formula is C12H13NO3S. The smallest absolute Gasteiger partial charge is 0.248 e. The van der Waals surface area contributed by atoms with Crippen LogP contribution in [0.25, 0.3) is 0 Å². The largest absolute Gasteiger partial charge is 0.296 e. The lowest BCUT2D eigenvalue weighted by atomic mass is 10.0. The van der Waals surface area contributed by atoms with Gasteiger partial charge in [0, 0.05) is 6.20 Å². The summed E-state index contributed by atoms with van der Waals surface area (Å²) in [6.45, 7) is 1.65. The summed E-state index contributed by atoms with van der Waals surface area (Å²) in [4.78, 5) is 10.8. The van der Waals surface area contributed by atoms with Crippen LogP contribution >= 0.6 is 0 Å². The van der Waals surface area contributed by atoms with Crippen LogP contribution in [-0.4, -0.2) is 23.4 Å². The Morgan fingerprint density at radius 3 is 2.76 bits per heavy atom. The number of hydrogen-bond acceptors (Lipinski definition) is 3. The zero-order valence-corrected chi connectivity index (χ0v) is 10.2. The van der Waals surface area contributed by atoms with E-state index in [1.54, 1.807) is 25.1 Å². The van der Waals surface area contributed by atoms with Crippen molar-refractivity contribution in [2.45, 2.75) is 18.1 Å². The van der Waals surface area contributed by atoms with E-state index in [0.717, 1.165) is 3.97 Å². The Hall–Kier alpha value is -1.62. The Morgan fingerprint density at radius 1 is 1.41 bits per heavy atom. The molecule has 17 heavy (non-hydrogen) atoms. The number of rotatable bonds is 3. The average Bonchev–Trinajstić information content (AvgIpc) is 2.78. The molecule has 0 amide bonds. The van der Waals surface area contributed by atoms with Crippen LogP contribution in [0.5, 0.6) is 0 Å². The first kappa shape index (κ1) is 11.9. The maximum Gasteiger partial charge on any atom is 0.248 e. The van der Waals surface area contributed by atoms with Crippen LogP contribution < -0.4 is 0 Å². The molecule has 1 unspecified atom stereocenters. The maximum absolute atomic E-state index is 12.5. The van der Waals surface area contributed by atoms with Crippen LogP contribution in [0.2, 0.25) is 0 Å². The Labute approximate surface area is 100 Å². The number of carbonyl (C=O) groups excluding carboxylic acids is 1. The monoisotopic (exact) mass is 251 g/mol. The first-order valence-electron chi connectivity index (χ1n) is 5.23. The van der Waals surface area contributed by atoms with E-state index < -0.39 is 14.8 Å². The third-order valence-electron chi connectivity index (χ3n) is 2.93. The fraction of sp³-hybridized carbons (Fsp3) is 0.250. The standard InChI is InChI=1S/C12H13NO3S/c1-12(7-3-2-4-8-12)17(15,16)13-9-5-6-11(13)10-14/h2-7,9-10H,8H2,1H3. The zero-order valence-electron chi connectivity index (χ0n) is 9.41. The number of nitrogens with zero attached hydrogens (tertiary/aromatic N) is 1. The molecule has 4 nitrogen and oxygen atoms in total. The van der Waals surface area contributed by atoms with Gasteiger partial charge in [0.05, 0.1) is 5.69 Å². The summed E-state index contributed by atoms with van der Waals surface area (Å²) in [6.07, 6.45) is 9.33. The highest BCUT2D eigenvalue weighted by Crippen LogP contribution is 2.29. The van der Waals surface area contributed by atoms with Crippen LogP contribution in [0.1, 0.15) is 23.8 Å². The van der Waals surface area contributed by atoms with Gasteiger partial charge in [-0.25, -0.2) is 12.4 Å². The van der Waals surface area contributed by atoms with E-state index >= 15 is 0 Å². The Bertz CT molecular complexity index is 595. The predicted molar refractivity (Wildman–Crippen MR) is 65.4 cm³/mol. The first-order chi connectivity index (χ1) is 8.01. The second-order valence-corrected chi connectivity index (χ2v) is 6.43. The molecule has 0 N–H and O–H groups in total. The third kappa shape index (κ3) is 1.76. The van der Waals surface area contributed by atoms with Crippen molar-refractivity contribution in [3.63, 3.8) is 0 Å². The van der Waals surface area contributed by atoms with E-state index in [1.807, 2.05) is 12.2 Å². The molecule has 1 aromatic heterocycles. The van der Waals surface area contributed by atoms with Gasteiger partial charge in [0.15, 0.2) is 6.29 Å². The molecule has 5 heteroatoms. The third-order valence-corrected chi connectivity index (χ3v) is 5.26. The first-order valence-corrected chi connectivity index (χ1v) is 6.67. The van der Waals surface area contributed by atoms with Crippen LogP contribution in [0.4, 0.5) is 0 Å². The molecule has 0 aromatic carbocycles. The van der Waals surface area contributed by atoms with E-state index in [0.29, 0.717) is 12.7 Å². The number of carbonyl (C=O) groups is 1. The van der Waals surface area contributed by atoms with Crippen molar-refractivity contribution in [2.75, 3.05) is 0 Å². The minimum atomic E-state index is -3.61. The Balaban J connectivity index is 2.54. The van der Waals surface area contributed by atoms with Crippen molar-refractivity contribution in [1.82, 2.24) is 3.97 Å². The summed E-state index contributed by atoms with van der Waals surface area (Å²) in [5.41, 5.74) is 0.147. The van der Waals surface area contributed by atoms with E-state index in [9.17, 15) is 13.2 Å². The highest BCUT2D eigenvalue weighted by Gasteiger charge is 2.38. The fourth-order valence-corrected chi connectivity index (χ4v) is 3.43. The minimum Gasteiger partial charge on any atom is -0.296 e. The molecule has 1 heterocycles. The fourth-order valence-electron chi connectivity index (χ4n) is 1.81.